The van der Waals surface area contributed by atoms with Crippen LogP contribution in [0, 0.1) is 22.7 Å². The van der Waals surface area contributed by atoms with Crippen molar-refractivity contribution in [2.24, 2.45) is 4.99 Å². The molecule has 0 aliphatic rings. The maximum absolute atomic E-state index is 12.2. The van der Waals surface area contributed by atoms with E-state index < -0.39 is 5.97 Å². The Bertz CT molecular complexity index is 1050. The minimum Gasteiger partial charge on any atom is -0.423 e. The van der Waals surface area contributed by atoms with E-state index in [4.69, 9.17) is 15.3 Å². The molecule has 0 heterocycles. The van der Waals surface area contributed by atoms with Crippen LogP contribution in [0.15, 0.2) is 77.8 Å². The first kappa shape index (κ1) is 17.6. The average molecular weight is 351 g/mol. The number of ether oxygens (including phenoxy) is 1. The van der Waals surface area contributed by atoms with Gasteiger partial charge in [-0.1, -0.05) is 12.1 Å². The summed E-state index contributed by atoms with van der Waals surface area (Å²) in [5.74, 6) is -0.0965. The molecule has 0 amide bonds. The van der Waals surface area contributed by atoms with Crippen LogP contribution in [0.5, 0.6) is 5.75 Å². The lowest BCUT2D eigenvalue weighted by atomic mass is 10.1. The number of esters is 1. The zero-order chi connectivity index (χ0) is 19.1. The third-order valence-corrected chi connectivity index (χ3v) is 3.70. The Kier molecular flexibility index (Phi) is 5.37. The van der Waals surface area contributed by atoms with Crippen molar-refractivity contribution in [3.8, 4) is 17.9 Å². The summed E-state index contributed by atoms with van der Waals surface area (Å²) in [5.41, 5.74) is 3.06. The van der Waals surface area contributed by atoms with Gasteiger partial charge in [0.25, 0.3) is 0 Å². The maximum Gasteiger partial charge on any atom is 0.343 e. The molecular weight excluding hydrogens is 338 g/mol. The lowest BCUT2D eigenvalue weighted by Gasteiger charge is -2.04. The molecule has 27 heavy (non-hydrogen) atoms. The molecule has 0 saturated carbocycles. The number of carbonyl (C=O) groups excluding carboxylic acids is 1. The number of hydrogen-bond acceptors (Lipinski definition) is 5. The molecule has 0 saturated heterocycles. The second kappa shape index (κ2) is 8.24. The summed E-state index contributed by atoms with van der Waals surface area (Å²) >= 11 is 0. The third-order valence-electron chi connectivity index (χ3n) is 3.70. The second-order valence-electron chi connectivity index (χ2n) is 5.56. The molecular formula is C22H13N3O2. The van der Waals surface area contributed by atoms with Gasteiger partial charge in [-0.2, -0.15) is 10.5 Å². The zero-order valence-electron chi connectivity index (χ0n) is 14.2. The molecule has 5 nitrogen and oxygen atoms in total. The Morgan fingerprint density at radius 1 is 0.815 bits per heavy atom. The molecule has 0 fully saturated rings. The van der Waals surface area contributed by atoms with Crippen LogP contribution in [0.3, 0.4) is 0 Å². The summed E-state index contributed by atoms with van der Waals surface area (Å²) in [5, 5.41) is 17.6. The SMILES string of the molecule is N#Cc1ccc(N=Cc2ccc(C(=O)Oc3ccc(C#N)cc3)cc2)cc1. The van der Waals surface area contributed by atoms with E-state index in [1.165, 1.54) is 0 Å². The molecule has 5 heteroatoms. The van der Waals surface area contributed by atoms with Gasteiger partial charge in [-0.15, -0.1) is 0 Å². The van der Waals surface area contributed by atoms with Crippen LogP contribution < -0.4 is 4.74 Å². The first-order chi connectivity index (χ1) is 13.2. The Morgan fingerprint density at radius 2 is 1.37 bits per heavy atom. The molecule has 3 aromatic carbocycles. The number of benzene rings is 3. The van der Waals surface area contributed by atoms with E-state index in [0.717, 1.165) is 11.3 Å². The van der Waals surface area contributed by atoms with Crippen molar-refractivity contribution in [2.45, 2.75) is 0 Å². The topological polar surface area (TPSA) is 86.2 Å². The summed E-state index contributed by atoms with van der Waals surface area (Å²) in [4.78, 5) is 16.5. The van der Waals surface area contributed by atoms with Gasteiger partial charge in [-0.3, -0.25) is 4.99 Å². The fourth-order valence-corrected chi connectivity index (χ4v) is 2.24. The van der Waals surface area contributed by atoms with Crippen LogP contribution >= 0.6 is 0 Å². The number of rotatable bonds is 4. The van der Waals surface area contributed by atoms with Gasteiger partial charge in [-0.05, 0) is 66.2 Å². The van der Waals surface area contributed by atoms with E-state index in [1.54, 1.807) is 79.0 Å². The normalized spacial score (nSPS) is 10.1. The van der Waals surface area contributed by atoms with Gasteiger partial charge in [-0.25, -0.2) is 4.79 Å². The lowest BCUT2D eigenvalue weighted by molar-refractivity contribution is 0.0735. The van der Waals surface area contributed by atoms with Gasteiger partial charge in [0.05, 0.1) is 34.5 Å². The minimum atomic E-state index is -0.477. The van der Waals surface area contributed by atoms with E-state index >= 15 is 0 Å². The molecule has 0 radical (unpaired) electrons. The summed E-state index contributed by atoms with van der Waals surface area (Å²) in [7, 11) is 0. The third kappa shape index (κ3) is 4.66. The largest absolute Gasteiger partial charge is 0.423 e. The smallest absolute Gasteiger partial charge is 0.343 e. The van der Waals surface area contributed by atoms with E-state index in [0.29, 0.717) is 22.4 Å². The zero-order valence-corrected chi connectivity index (χ0v) is 14.2. The number of hydrogen-bond donors (Lipinski definition) is 0. The second-order valence-corrected chi connectivity index (χ2v) is 5.56. The highest BCUT2D eigenvalue weighted by Gasteiger charge is 2.08. The molecule has 0 aromatic heterocycles. The predicted octanol–water partition coefficient (Wildman–Crippen LogP) is 4.40. The van der Waals surface area contributed by atoms with Crippen molar-refractivity contribution >= 4 is 17.9 Å². The first-order valence-corrected chi connectivity index (χ1v) is 8.04. The summed E-state index contributed by atoms with van der Waals surface area (Å²) in [6, 6.07) is 24.2. The number of carbonyl (C=O) groups is 1. The predicted molar refractivity (Wildman–Crippen MR) is 101 cm³/mol. The molecule has 0 N–H and O–H groups in total. The van der Waals surface area contributed by atoms with Crippen molar-refractivity contribution in [1.29, 1.82) is 10.5 Å². The molecule has 3 rings (SSSR count). The molecule has 3 aromatic rings. The number of nitrogens with zero attached hydrogens (tertiary/aromatic N) is 3. The quantitative estimate of drug-likeness (QED) is 0.396. The van der Waals surface area contributed by atoms with Gasteiger partial charge < -0.3 is 4.74 Å². The van der Waals surface area contributed by atoms with Crippen molar-refractivity contribution in [1.82, 2.24) is 0 Å². The van der Waals surface area contributed by atoms with Crippen molar-refractivity contribution in [3.05, 3.63) is 95.1 Å². The monoisotopic (exact) mass is 351 g/mol. The summed E-state index contributed by atoms with van der Waals surface area (Å²) in [6.07, 6.45) is 1.68. The average Bonchev–Trinajstić information content (AvgIpc) is 2.73. The highest BCUT2D eigenvalue weighted by atomic mass is 16.5. The number of nitriles is 2. The van der Waals surface area contributed by atoms with E-state index in [1.807, 2.05) is 6.07 Å². The van der Waals surface area contributed by atoms with E-state index in [9.17, 15) is 4.79 Å². The highest BCUT2D eigenvalue weighted by Crippen LogP contribution is 2.15. The molecule has 0 aliphatic carbocycles. The lowest BCUT2D eigenvalue weighted by Crippen LogP contribution is -2.08. The Morgan fingerprint density at radius 3 is 1.93 bits per heavy atom. The molecule has 0 aliphatic heterocycles. The Balaban J connectivity index is 1.65. The standard InChI is InChI=1S/C22H13N3O2/c23-13-16-3-9-20(10-4-16)25-15-18-1-7-19(8-2-18)22(26)27-21-11-5-17(14-24)6-12-21/h1-12,15H. The van der Waals surface area contributed by atoms with Crippen LogP contribution in [-0.2, 0) is 0 Å². The molecule has 0 bridgehead atoms. The first-order valence-electron chi connectivity index (χ1n) is 8.04. The summed E-state index contributed by atoms with van der Waals surface area (Å²) < 4.78 is 5.28. The van der Waals surface area contributed by atoms with Gasteiger partial charge in [0.1, 0.15) is 5.75 Å². The molecule has 0 unspecified atom stereocenters. The van der Waals surface area contributed by atoms with Crippen molar-refractivity contribution < 1.29 is 9.53 Å². The maximum atomic E-state index is 12.2. The van der Waals surface area contributed by atoms with Gasteiger partial charge >= 0.3 is 5.97 Å². The van der Waals surface area contributed by atoms with Crippen LogP contribution in [-0.4, -0.2) is 12.2 Å². The van der Waals surface area contributed by atoms with Gasteiger partial charge in [0.2, 0.25) is 0 Å². The summed E-state index contributed by atoms with van der Waals surface area (Å²) in [6.45, 7) is 0. The Hall–Kier alpha value is -4.22. The minimum absolute atomic E-state index is 0.380. The van der Waals surface area contributed by atoms with Crippen LogP contribution in [0.4, 0.5) is 5.69 Å². The van der Waals surface area contributed by atoms with Crippen LogP contribution in [0.1, 0.15) is 27.0 Å². The fourth-order valence-electron chi connectivity index (χ4n) is 2.24. The molecule has 0 atom stereocenters. The molecule has 128 valence electrons. The Labute approximate surface area is 156 Å². The van der Waals surface area contributed by atoms with Crippen LogP contribution in [0.25, 0.3) is 0 Å². The van der Waals surface area contributed by atoms with Crippen molar-refractivity contribution in [2.75, 3.05) is 0 Å². The van der Waals surface area contributed by atoms with Crippen LogP contribution in [0.2, 0.25) is 0 Å². The van der Waals surface area contributed by atoms with Gasteiger partial charge in [0, 0.05) is 6.21 Å². The molecule has 0 spiro atoms. The number of aliphatic imine (C=N–C) groups is 1. The van der Waals surface area contributed by atoms with E-state index in [2.05, 4.69) is 11.1 Å². The van der Waals surface area contributed by atoms with E-state index in [-0.39, 0.29) is 0 Å². The van der Waals surface area contributed by atoms with Gasteiger partial charge in [0.15, 0.2) is 0 Å². The fraction of sp³-hybridized carbons (Fsp3) is 0. The highest BCUT2D eigenvalue weighted by molar-refractivity contribution is 5.92. The van der Waals surface area contributed by atoms with Crippen molar-refractivity contribution in [3.63, 3.8) is 0 Å².